The fraction of sp³-hybridized carbons (Fsp3) is 0.333. The lowest BCUT2D eigenvalue weighted by atomic mass is 9.99. The number of aryl methyl sites for hydroxylation is 1. The Morgan fingerprint density at radius 3 is 2.88 bits per heavy atom. The lowest BCUT2D eigenvalue weighted by molar-refractivity contribution is -0.118. The number of benzene rings is 1. The van der Waals surface area contributed by atoms with E-state index >= 15 is 0 Å². The van der Waals surface area contributed by atoms with Gasteiger partial charge in [-0.2, -0.15) is 0 Å². The molecule has 0 saturated carbocycles. The minimum Gasteiger partial charge on any atom is -0.384 e. The maximum atomic E-state index is 11.5. The molecule has 1 aromatic rings. The highest BCUT2D eigenvalue weighted by molar-refractivity contribution is 6.00. The third-order valence-electron chi connectivity index (χ3n) is 2.96. The number of aliphatic imine (C=N–C) groups is 1. The summed E-state index contributed by atoms with van der Waals surface area (Å²) in [5.41, 5.74) is 8.81. The van der Waals surface area contributed by atoms with E-state index in [0.29, 0.717) is 12.3 Å². The molecule has 1 aliphatic rings. The largest absolute Gasteiger partial charge is 0.384 e. The number of amidine groups is 1. The molecule has 0 aromatic heterocycles. The van der Waals surface area contributed by atoms with Crippen molar-refractivity contribution in [2.24, 2.45) is 10.7 Å². The molecule has 1 amide bonds. The van der Waals surface area contributed by atoms with E-state index in [9.17, 15) is 4.79 Å². The molecule has 1 aliphatic heterocycles. The second-order valence-electron chi connectivity index (χ2n) is 3.91. The Bertz CT molecular complexity index is 465. The SMILES string of the molecule is CN=C(N)c1ccc2c(c1)CCC(=O)N2C. The van der Waals surface area contributed by atoms with Crippen molar-refractivity contribution in [3.63, 3.8) is 0 Å². The molecule has 2 rings (SSSR count). The monoisotopic (exact) mass is 217 g/mol. The Kier molecular flexibility index (Phi) is 2.64. The second-order valence-corrected chi connectivity index (χ2v) is 3.91. The van der Waals surface area contributed by atoms with Crippen molar-refractivity contribution >= 4 is 17.4 Å². The number of fused-ring (bicyclic) bond motifs is 1. The minimum atomic E-state index is 0.164. The summed E-state index contributed by atoms with van der Waals surface area (Å²) >= 11 is 0. The highest BCUT2D eigenvalue weighted by Gasteiger charge is 2.20. The van der Waals surface area contributed by atoms with E-state index < -0.39 is 0 Å². The lowest BCUT2D eigenvalue weighted by Gasteiger charge is -2.26. The summed E-state index contributed by atoms with van der Waals surface area (Å²) in [4.78, 5) is 17.2. The predicted molar refractivity (Wildman–Crippen MR) is 64.8 cm³/mol. The average molecular weight is 217 g/mol. The standard InChI is InChI=1S/C12H15N3O/c1-14-12(13)9-3-5-10-8(7-9)4-6-11(16)15(10)2/h3,5,7H,4,6H2,1-2H3,(H2,13,14). The van der Waals surface area contributed by atoms with E-state index in [1.165, 1.54) is 0 Å². The second kappa shape index (κ2) is 3.96. The van der Waals surface area contributed by atoms with Gasteiger partial charge in [0.15, 0.2) is 0 Å². The molecule has 16 heavy (non-hydrogen) atoms. The van der Waals surface area contributed by atoms with E-state index in [1.807, 2.05) is 18.2 Å². The molecular formula is C12H15N3O. The Labute approximate surface area is 94.8 Å². The molecule has 4 nitrogen and oxygen atoms in total. The summed E-state index contributed by atoms with van der Waals surface area (Å²) < 4.78 is 0. The van der Waals surface area contributed by atoms with Crippen LogP contribution in [0, 0.1) is 0 Å². The molecule has 4 heteroatoms. The van der Waals surface area contributed by atoms with Crippen LogP contribution in [0.4, 0.5) is 5.69 Å². The molecule has 1 heterocycles. The van der Waals surface area contributed by atoms with Gasteiger partial charge in [0.2, 0.25) is 5.91 Å². The van der Waals surface area contributed by atoms with Gasteiger partial charge in [-0.15, -0.1) is 0 Å². The van der Waals surface area contributed by atoms with Crippen molar-refractivity contribution in [3.8, 4) is 0 Å². The van der Waals surface area contributed by atoms with E-state index in [0.717, 1.165) is 23.2 Å². The zero-order chi connectivity index (χ0) is 11.7. The molecule has 0 aliphatic carbocycles. The van der Waals surface area contributed by atoms with E-state index in [2.05, 4.69) is 4.99 Å². The Morgan fingerprint density at radius 1 is 1.44 bits per heavy atom. The number of amides is 1. The van der Waals surface area contributed by atoms with Gasteiger partial charge < -0.3 is 10.6 Å². The Hall–Kier alpha value is -1.84. The van der Waals surface area contributed by atoms with Crippen LogP contribution in [0.5, 0.6) is 0 Å². The van der Waals surface area contributed by atoms with Gasteiger partial charge in [0.1, 0.15) is 5.84 Å². The third-order valence-corrected chi connectivity index (χ3v) is 2.96. The molecule has 0 atom stereocenters. The lowest BCUT2D eigenvalue weighted by Crippen LogP contribution is -2.31. The molecule has 1 aromatic carbocycles. The number of hydrogen-bond acceptors (Lipinski definition) is 2. The highest BCUT2D eigenvalue weighted by atomic mass is 16.2. The van der Waals surface area contributed by atoms with E-state index in [4.69, 9.17) is 5.73 Å². The van der Waals surface area contributed by atoms with Gasteiger partial charge in [-0.3, -0.25) is 9.79 Å². The van der Waals surface area contributed by atoms with Crippen molar-refractivity contribution in [1.29, 1.82) is 0 Å². The fourth-order valence-corrected chi connectivity index (χ4v) is 1.95. The van der Waals surface area contributed by atoms with Crippen LogP contribution in [-0.2, 0) is 11.2 Å². The summed E-state index contributed by atoms with van der Waals surface area (Å²) in [7, 11) is 3.47. The molecule has 2 N–H and O–H groups in total. The smallest absolute Gasteiger partial charge is 0.227 e. The summed E-state index contributed by atoms with van der Waals surface area (Å²) in [6.45, 7) is 0. The van der Waals surface area contributed by atoms with Gasteiger partial charge in [-0.05, 0) is 30.2 Å². The summed E-state index contributed by atoms with van der Waals surface area (Å²) in [5.74, 6) is 0.694. The molecule has 0 unspecified atom stereocenters. The van der Waals surface area contributed by atoms with Crippen molar-refractivity contribution in [3.05, 3.63) is 29.3 Å². The van der Waals surface area contributed by atoms with Gasteiger partial charge in [0.05, 0.1) is 0 Å². The van der Waals surface area contributed by atoms with Crippen molar-refractivity contribution < 1.29 is 4.79 Å². The zero-order valence-corrected chi connectivity index (χ0v) is 9.53. The molecule has 0 fully saturated rings. The van der Waals surface area contributed by atoms with Gasteiger partial charge in [0, 0.05) is 31.8 Å². The van der Waals surface area contributed by atoms with Crippen LogP contribution in [0.25, 0.3) is 0 Å². The molecular weight excluding hydrogens is 202 g/mol. The van der Waals surface area contributed by atoms with Crippen molar-refractivity contribution in [1.82, 2.24) is 0 Å². The van der Waals surface area contributed by atoms with Gasteiger partial charge in [0.25, 0.3) is 0 Å². The molecule has 0 bridgehead atoms. The summed E-state index contributed by atoms with van der Waals surface area (Å²) in [6.07, 6.45) is 1.35. The number of hydrogen-bond donors (Lipinski definition) is 1. The van der Waals surface area contributed by atoms with Crippen LogP contribution in [-0.4, -0.2) is 25.8 Å². The van der Waals surface area contributed by atoms with Crippen molar-refractivity contribution in [2.45, 2.75) is 12.8 Å². The summed E-state index contributed by atoms with van der Waals surface area (Å²) in [5, 5.41) is 0. The minimum absolute atomic E-state index is 0.164. The summed E-state index contributed by atoms with van der Waals surface area (Å²) in [6, 6.07) is 5.84. The molecule has 0 spiro atoms. The number of carbonyl (C=O) groups is 1. The number of rotatable bonds is 1. The predicted octanol–water partition coefficient (Wildman–Crippen LogP) is 0.931. The number of nitrogens with zero attached hydrogens (tertiary/aromatic N) is 2. The molecule has 0 radical (unpaired) electrons. The maximum Gasteiger partial charge on any atom is 0.227 e. The Morgan fingerprint density at radius 2 is 2.19 bits per heavy atom. The van der Waals surface area contributed by atoms with Crippen molar-refractivity contribution in [2.75, 3.05) is 19.0 Å². The van der Waals surface area contributed by atoms with Crippen LogP contribution in [0.3, 0.4) is 0 Å². The first kappa shape index (κ1) is 10.7. The molecule has 0 saturated heterocycles. The quantitative estimate of drug-likeness (QED) is 0.562. The van der Waals surface area contributed by atoms with Crippen LogP contribution in [0.1, 0.15) is 17.5 Å². The fourth-order valence-electron chi connectivity index (χ4n) is 1.95. The van der Waals surface area contributed by atoms with Crippen LogP contribution in [0.2, 0.25) is 0 Å². The highest BCUT2D eigenvalue weighted by Crippen LogP contribution is 2.27. The molecule has 84 valence electrons. The maximum absolute atomic E-state index is 11.5. The average Bonchev–Trinajstić information content (AvgIpc) is 2.32. The number of nitrogens with two attached hydrogens (primary N) is 1. The first-order valence-corrected chi connectivity index (χ1v) is 5.25. The number of anilines is 1. The Balaban J connectivity index is 2.45. The first-order chi connectivity index (χ1) is 7.63. The first-order valence-electron chi connectivity index (χ1n) is 5.25. The van der Waals surface area contributed by atoms with Gasteiger partial charge in [-0.25, -0.2) is 0 Å². The van der Waals surface area contributed by atoms with Gasteiger partial charge >= 0.3 is 0 Å². The number of carbonyl (C=O) groups excluding carboxylic acids is 1. The topological polar surface area (TPSA) is 58.7 Å². The van der Waals surface area contributed by atoms with E-state index in [-0.39, 0.29) is 5.91 Å². The normalized spacial score (nSPS) is 16.2. The van der Waals surface area contributed by atoms with Crippen LogP contribution in [0.15, 0.2) is 23.2 Å². The van der Waals surface area contributed by atoms with Crippen LogP contribution >= 0.6 is 0 Å². The van der Waals surface area contributed by atoms with Crippen LogP contribution < -0.4 is 10.6 Å². The third kappa shape index (κ3) is 1.66. The van der Waals surface area contributed by atoms with Gasteiger partial charge in [-0.1, -0.05) is 0 Å². The van der Waals surface area contributed by atoms with E-state index in [1.54, 1.807) is 19.0 Å². The zero-order valence-electron chi connectivity index (χ0n) is 9.53.